The van der Waals surface area contributed by atoms with Crippen LogP contribution in [0, 0.1) is 10.9 Å². The van der Waals surface area contributed by atoms with Gasteiger partial charge in [-0.1, -0.05) is 11.6 Å². The van der Waals surface area contributed by atoms with Gasteiger partial charge >= 0.3 is 5.97 Å². The van der Waals surface area contributed by atoms with Crippen LogP contribution in [0.25, 0.3) is 12.2 Å². The summed E-state index contributed by atoms with van der Waals surface area (Å²) in [5.41, 5.74) is 1.35. The normalized spacial score (nSPS) is 14.9. The summed E-state index contributed by atoms with van der Waals surface area (Å²) in [6.45, 7) is 1.51. The highest BCUT2D eigenvalue weighted by atomic mass is 32.1. The number of carbonyl (C=O) groups excluding carboxylic acids is 1. The Labute approximate surface area is 145 Å². The maximum absolute atomic E-state index is 12.2. The Morgan fingerprint density at radius 2 is 2.21 bits per heavy atom. The van der Waals surface area contributed by atoms with Crippen LogP contribution in [0.3, 0.4) is 0 Å². The first-order valence-electron chi connectivity index (χ1n) is 6.92. The molecule has 0 unspecified atom stereocenters. The van der Waals surface area contributed by atoms with Crippen LogP contribution in [-0.2, 0) is 16.1 Å². The summed E-state index contributed by atoms with van der Waals surface area (Å²) in [7, 11) is 0. The predicted octanol–water partition coefficient (Wildman–Crippen LogP) is 1.40. The molecule has 2 N–H and O–H groups in total. The fourth-order valence-corrected chi connectivity index (χ4v) is 3.58. The summed E-state index contributed by atoms with van der Waals surface area (Å²) in [5.74, 6) is -1.80. The number of aliphatic carboxylic acids is 1. The molecule has 1 aromatic carbocycles. The summed E-state index contributed by atoms with van der Waals surface area (Å²) >= 11 is 6.10. The molecule has 0 fully saturated rings. The largest absolute Gasteiger partial charge is 0.493 e. The van der Waals surface area contributed by atoms with Crippen molar-refractivity contribution in [2.45, 2.75) is 13.5 Å². The smallest absolute Gasteiger partial charge is 0.323 e. The Morgan fingerprint density at radius 3 is 2.92 bits per heavy atom. The third kappa shape index (κ3) is 3.06. The molecule has 1 aliphatic rings. The molecule has 24 heavy (non-hydrogen) atoms. The van der Waals surface area contributed by atoms with Crippen LogP contribution in [0.2, 0.25) is 0 Å². The highest BCUT2D eigenvalue weighted by Gasteiger charge is 2.16. The van der Waals surface area contributed by atoms with Gasteiger partial charge in [-0.25, -0.2) is 4.99 Å². The van der Waals surface area contributed by atoms with Gasteiger partial charge in [0.05, 0.1) is 10.2 Å². The van der Waals surface area contributed by atoms with Gasteiger partial charge in [-0.05, 0) is 43.4 Å². The molecule has 2 heterocycles. The van der Waals surface area contributed by atoms with E-state index in [1.807, 2.05) is 19.1 Å². The standard InChI is InChI=1S/C16H12N2O4S2/c1-8-2-3-11-9(4-8)5-10(14(21)17-11)6-12-15(22)18(7-13(19)20)16(23)24-12/h2-6,22H,7H2,1H3,(H,19,20)/b10-6+. The zero-order valence-electron chi connectivity index (χ0n) is 12.5. The van der Waals surface area contributed by atoms with Crippen LogP contribution in [-0.4, -0.2) is 26.7 Å². The summed E-state index contributed by atoms with van der Waals surface area (Å²) in [6.07, 6.45) is 3.17. The molecule has 0 spiro atoms. The van der Waals surface area contributed by atoms with Crippen LogP contribution in [0.4, 0.5) is 0 Å². The molecule has 1 aliphatic heterocycles. The molecular formula is C16H12N2O4S2. The fraction of sp³-hybridized carbons (Fsp3) is 0.125. The molecule has 0 bridgehead atoms. The minimum Gasteiger partial charge on any atom is -0.493 e. The van der Waals surface area contributed by atoms with Crippen molar-refractivity contribution >= 4 is 47.6 Å². The number of hydrogen-bond donors (Lipinski definition) is 2. The van der Waals surface area contributed by atoms with Gasteiger partial charge in [0, 0.05) is 10.8 Å². The van der Waals surface area contributed by atoms with Crippen molar-refractivity contribution < 1.29 is 19.8 Å². The van der Waals surface area contributed by atoms with Gasteiger partial charge in [0.2, 0.25) is 5.88 Å². The first kappa shape index (κ1) is 16.3. The lowest BCUT2D eigenvalue weighted by molar-refractivity contribution is -0.137. The number of nitrogens with zero attached hydrogens (tertiary/aromatic N) is 2. The van der Waals surface area contributed by atoms with Crippen LogP contribution in [0.5, 0.6) is 5.88 Å². The number of aromatic hydroxyl groups is 1. The molecule has 0 aliphatic carbocycles. The van der Waals surface area contributed by atoms with Gasteiger partial charge in [-0.15, -0.1) is 11.3 Å². The van der Waals surface area contributed by atoms with E-state index in [1.165, 1.54) is 6.08 Å². The van der Waals surface area contributed by atoms with E-state index in [2.05, 4.69) is 4.99 Å². The minimum atomic E-state index is -1.11. The molecule has 0 saturated carbocycles. The lowest BCUT2D eigenvalue weighted by atomic mass is 10.1. The van der Waals surface area contributed by atoms with E-state index in [4.69, 9.17) is 17.3 Å². The molecule has 122 valence electrons. The van der Waals surface area contributed by atoms with E-state index in [9.17, 15) is 14.7 Å². The van der Waals surface area contributed by atoms with Gasteiger partial charge in [0.1, 0.15) is 6.54 Å². The molecule has 2 aromatic rings. The van der Waals surface area contributed by atoms with Crippen LogP contribution >= 0.6 is 23.6 Å². The van der Waals surface area contributed by atoms with Crippen LogP contribution in [0.15, 0.2) is 28.8 Å². The summed E-state index contributed by atoms with van der Waals surface area (Å²) in [4.78, 5) is 27.3. The van der Waals surface area contributed by atoms with Gasteiger partial charge in [-0.3, -0.25) is 14.2 Å². The monoisotopic (exact) mass is 360 g/mol. The van der Waals surface area contributed by atoms with E-state index < -0.39 is 18.4 Å². The lowest BCUT2D eigenvalue weighted by Gasteiger charge is -2.04. The second-order valence-corrected chi connectivity index (χ2v) is 6.93. The summed E-state index contributed by atoms with van der Waals surface area (Å²) in [5, 5.41) is 20.4. The Morgan fingerprint density at radius 1 is 1.46 bits per heavy atom. The first-order chi connectivity index (χ1) is 11.3. The number of aryl methyl sites for hydroxylation is 1. The quantitative estimate of drug-likeness (QED) is 0.638. The zero-order valence-corrected chi connectivity index (χ0v) is 14.1. The van der Waals surface area contributed by atoms with Gasteiger partial charge < -0.3 is 10.2 Å². The molecule has 0 radical (unpaired) electrons. The van der Waals surface area contributed by atoms with E-state index in [1.54, 1.807) is 12.1 Å². The van der Waals surface area contributed by atoms with Crippen molar-refractivity contribution in [1.29, 1.82) is 0 Å². The van der Waals surface area contributed by atoms with Gasteiger partial charge in [0.25, 0.3) is 5.91 Å². The van der Waals surface area contributed by atoms with E-state index in [0.717, 1.165) is 26.7 Å². The molecule has 0 saturated heterocycles. The molecule has 3 rings (SSSR count). The average molecular weight is 360 g/mol. The SMILES string of the molecule is Cc1ccc2c(c1)=C/C(=C\c1sc(=S)n(CC(=O)O)c1O)C(=O)N=2. The highest BCUT2D eigenvalue weighted by Crippen LogP contribution is 2.29. The van der Waals surface area contributed by atoms with Crippen molar-refractivity contribution in [2.75, 3.05) is 0 Å². The van der Waals surface area contributed by atoms with E-state index in [0.29, 0.717) is 15.8 Å². The van der Waals surface area contributed by atoms with Crippen molar-refractivity contribution in [1.82, 2.24) is 4.57 Å². The molecule has 0 atom stereocenters. The number of thiazole rings is 1. The van der Waals surface area contributed by atoms with Gasteiger partial charge in [-0.2, -0.15) is 0 Å². The molecule has 6 nitrogen and oxygen atoms in total. The fourth-order valence-electron chi connectivity index (χ4n) is 2.32. The maximum Gasteiger partial charge on any atom is 0.323 e. The van der Waals surface area contributed by atoms with Gasteiger partial charge in [0.15, 0.2) is 3.95 Å². The van der Waals surface area contributed by atoms with Crippen molar-refractivity contribution in [3.8, 4) is 5.88 Å². The third-order valence-corrected chi connectivity index (χ3v) is 4.82. The highest BCUT2D eigenvalue weighted by molar-refractivity contribution is 7.73. The lowest BCUT2D eigenvalue weighted by Crippen LogP contribution is -2.30. The Hall–Kier alpha value is -2.58. The Bertz CT molecular complexity index is 1080. The van der Waals surface area contributed by atoms with Crippen molar-refractivity contribution in [2.24, 2.45) is 4.99 Å². The molecule has 8 heteroatoms. The third-order valence-electron chi connectivity index (χ3n) is 3.44. The van der Waals surface area contributed by atoms with Crippen molar-refractivity contribution in [3.05, 3.63) is 48.7 Å². The zero-order chi connectivity index (χ0) is 17.4. The Balaban J connectivity index is 2.11. The second-order valence-electron chi connectivity index (χ2n) is 5.26. The minimum absolute atomic E-state index is 0.221. The maximum atomic E-state index is 12.2. The number of rotatable bonds is 3. The number of fused-ring (bicyclic) bond motifs is 1. The number of carboxylic acid groups (broad SMARTS) is 1. The predicted molar refractivity (Wildman–Crippen MR) is 91.9 cm³/mol. The number of aromatic nitrogens is 1. The molecular weight excluding hydrogens is 348 g/mol. The number of carboxylic acids is 1. The van der Waals surface area contributed by atoms with E-state index >= 15 is 0 Å². The number of hydrogen-bond acceptors (Lipinski definition) is 5. The summed E-state index contributed by atoms with van der Waals surface area (Å²) < 4.78 is 1.33. The average Bonchev–Trinajstić information content (AvgIpc) is 2.76. The Kier molecular flexibility index (Phi) is 4.16. The van der Waals surface area contributed by atoms with Crippen LogP contribution in [0.1, 0.15) is 10.4 Å². The number of amides is 1. The van der Waals surface area contributed by atoms with E-state index in [-0.39, 0.29) is 9.83 Å². The molecule has 1 amide bonds. The topological polar surface area (TPSA) is 91.9 Å². The number of carbonyl (C=O) groups is 2. The second kappa shape index (κ2) is 6.14. The summed E-state index contributed by atoms with van der Waals surface area (Å²) in [6, 6.07) is 5.57. The number of benzene rings is 1. The van der Waals surface area contributed by atoms with Crippen LogP contribution < -0.4 is 10.6 Å². The first-order valence-corrected chi connectivity index (χ1v) is 8.15. The van der Waals surface area contributed by atoms with Crippen molar-refractivity contribution in [3.63, 3.8) is 0 Å². The molecule has 1 aromatic heterocycles.